The minimum Gasteiger partial charge on any atom is -0.340 e. The van der Waals surface area contributed by atoms with Crippen LogP contribution in [0.5, 0.6) is 0 Å². The third kappa shape index (κ3) is 3.26. The van der Waals surface area contributed by atoms with E-state index in [0.29, 0.717) is 18.4 Å². The van der Waals surface area contributed by atoms with Crippen LogP contribution in [0, 0.1) is 0 Å². The van der Waals surface area contributed by atoms with Gasteiger partial charge >= 0.3 is 0 Å². The van der Waals surface area contributed by atoms with Crippen molar-refractivity contribution in [3.05, 3.63) is 0 Å². The summed E-state index contributed by atoms with van der Waals surface area (Å²) in [5.74, 6) is 0.333. The van der Waals surface area contributed by atoms with E-state index in [4.69, 9.17) is 0 Å². The molecule has 0 aliphatic carbocycles. The zero-order valence-corrected chi connectivity index (χ0v) is 10.6. The van der Waals surface area contributed by atoms with Crippen LogP contribution in [0.4, 0.5) is 0 Å². The number of nitrogens with zero attached hydrogens (tertiary/aromatic N) is 1. The lowest BCUT2D eigenvalue weighted by atomic mass is 9.98. The first-order valence-electron chi connectivity index (χ1n) is 5.65. The molecule has 3 heteroatoms. The molecular weight excluding hydrogens is 242 g/mol. The topological polar surface area (TPSA) is 20.3 Å². The predicted molar refractivity (Wildman–Crippen MR) is 62.7 cm³/mol. The molecule has 0 bridgehead atoms. The highest BCUT2D eigenvalue weighted by atomic mass is 79.9. The van der Waals surface area contributed by atoms with E-state index in [0.717, 1.165) is 11.9 Å². The minimum atomic E-state index is 0.333. The van der Waals surface area contributed by atoms with Gasteiger partial charge in [0.05, 0.1) is 0 Å². The lowest BCUT2D eigenvalue weighted by Gasteiger charge is -2.35. The molecule has 1 fully saturated rings. The van der Waals surface area contributed by atoms with Crippen LogP contribution >= 0.6 is 15.9 Å². The van der Waals surface area contributed by atoms with Crippen molar-refractivity contribution in [3.8, 4) is 0 Å². The first-order chi connectivity index (χ1) is 6.79. The molecule has 1 heterocycles. The number of alkyl halides is 1. The van der Waals surface area contributed by atoms with Crippen molar-refractivity contribution in [2.45, 2.75) is 51.5 Å². The number of piperidine rings is 1. The van der Waals surface area contributed by atoms with Crippen molar-refractivity contribution in [3.63, 3.8) is 0 Å². The number of rotatable bonds is 4. The standard InChI is InChI=1S/C11H20BrNO/c1-2-5-10-6-3-4-9-13(10)11(14)7-8-12/h10H,2-9H2,1H3. The van der Waals surface area contributed by atoms with Gasteiger partial charge in [0.15, 0.2) is 0 Å². The normalized spacial score (nSPS) is 22.4. The van der Waals surface area contributed by atoms with Crippen LogP contribution in [0.25, 0.3) is 0 Å². The third-order valence-electron chi connectivity index (χ3n) is 2.88. The van der Waals surface area contributed by atoms with E-state index < -0.39 is 0 Å². The number of hydrogen-bond donors (Lipinski definition) is 0. The Hall–Kier alpha value is -0.0500. The zero-order chi connectivity index (χ0) is 10.4. The number of carbonyl (C=O) groups excluding carboxylic acids is 1. The fourth-order valence-corrected chi connectivity index (χ4v) is 2.53. The van der Waals surface area contributed by atoms with Crippen LogP contribution < -0.4 is 0 Å². The van der Waals surface area contributed by atoms with Gasteiger partial charge in [-0.25, -0.2) is 0 Å². The van der Waals surface area contributed by atoms with Crippen molar-refractivity contribution in [2.24, 2.45) is 0 Å². The molecule has 1 rings (SSSR count). The smallest absolute Gasteiger partial charge is 0.223 e. The third-order valence-corrected chi connectivity index (χ3v) is 3.27. The molecule has 0 spiro atoms. The van der Waals surface area contributed by atoms with Crippen LogP contribution in [0.3, 0.4) is 0 Å². The van der Waals surface area contributed by atoms with Gasteiger partial charge in [0.25, 0.3) is 0 Å². The summed E-state index contributed by atoms with van der Waals surface area (Å²) < 4.78 is 0. The highest BCUT2D eigenvalue weighted by Crippen LogP contribution is 2.21. The Kier molecular flexibility index (Phi) is 5.53. The molecule has 82 valence electrons. The molecule has 1 unspecified atom stereocenters. The minimum absolute atomic E-state index is 0.333. The quantitative estimate of drug-likeness (QED) is 0.713. The van der Waals surface area contributed by atoms with Crippen LogP contribution in [0.1, 0.15) is 45.4 Å². The van der Waals surface area contributed by atoms with E-state index >= 15 is 0 Å². The first kappa shape index (κ1) is 12.0. The van der Waals surface area contributed by atoms with Gasteiger partial charge in [0, 0.05) is 24.3 Å². The van der Waals surface area contributed by atoms with Crippen LogP contribution in [0.15, 0.2) is 0 Å². The fourth-order valence-electron chi connectivity index (χ4n) is 2.19. The number of halogens is 1. The summed E-state index contributed by atoms with van der Waals surface area (Å²) in [6.07, 6.45) is 6.70. The van der Waals surface area contributed by atoms with Crippen molar-refractivity contribution >= 4 is 21.8 Å². The molecule has 0 radical (unpaired) electrons. The highest BCUT2D eigenvalue weighted by Gasteiger charge is 2.24. The molecular formula is C11H20BrNO. The summed E-state index contributed by atoms with van der Waals surface area (Å²) in [6, 6.07) is 0.528. The van der Waals surface area contributed by atoms with Crippen molar-refractivity contribution in [2.75, 3.05) is 11.9 Å². The van der Waals surface area contributed by atoms with Gasteiger partial charge in [-0.1, -0.05) is 29.3 Å². The molecule has 1 saturated heterocycles. The molecule has 0 aromatic heterocycles. The molecule has 14 heavy (non-hydrogen) atoms. The second-order valence-corrected chi connectivity index (χ2v) is 4.76. The average Bonchev–Trinajstić information content (AvgIpc) is 2.19. The maximum Gasteiger partial charge on any atom is 0.223 e. The largest absolute Gasteiger partial charge is 0.340 e. The van der Waals surface area contributed by atoms with Gasteiger partial charge in [-0.05, 0) is 25.7 Å². The van der Waals surface area contributed by atoms with Gasteiger partial charge in [-0.2, -0.15) is 0 Å². The Morgan fingerprint density at radius 3 is 2.93 bits per heavy atom. The summed E-state index contributed by atoms with van der Waals surface area (Å²) in [7, 11) is 0. The van der Waals surface area contributed by atoms with E-state index in [2.05, 4.69) is 27.8 Å². The number of hydrogen-bond acceptors (Lipinski definition) is 1. The average molecular weight is 262 g/mol. The summed E-state index contributed by atoms with van der Waals surface area (Å²) >= 11 is 3.33. The van der Waals surface area contributed by atoms with E-state index in [-0.39, 0.29) is 0 Å². The molecule has 1 amide bonds. The van der Waals surface area contributed by atoms with Crippen LogP contribution in [-0.2, 0) is 4.79 Å². The second kappa shape index (κ2) is 6.44. The van der Waals surface area contributed by atoms with Crippen LogP contribution in [-0.4, -0.2) is 28.7 Å². The number of carbonyl (C=O) groups is 1. The number of amides is 1. The summed E-state index contributed by atoms with van der Waals surface area (Å²) in [6.45, 7) is 3.18. The summed E-state index contributed by atoms with van der Waals surface area (Å²) in [5.41, 5.74) is 0. The van der Waals surface area contributed by atoms with Gasteiger partial charge in [0.2, 0.25) is 5.91 Å². The predicted octanol–water partition coefficient (Wildman–Crippen LogP) is 2.95. The van der Waals surface area contributed by atoms with Gasteiger partial charge < -0.3 is 4.90 Å². The molecule has 0 aromatic carbocycles. The Morgan fingerprint density at radius 2 is 2.29 bits per heavy atom. The van der Waals surface area contributed by atoms with Gasteiger partial charge in [-0.15, -0.1) is 0 Å². The SMILES string of the molecule is CCCC1CCCCN1C(=O)CCBr. The van der Waals surface area contributed by atoms with Gasteiger partial charge in [0.1, 0.15) is 0 Å². The van der Waals surface area contributed by atoms with E-state index in [9.17, 15) is 4.79 Å². The van der Waals surface area contributed by atoms with Crippen LogP contribution in [0.2, 0.25) is 0 Å². The molecule has 1 aliphatic heterocycles. The molecule has 2 nitrogen and oxygen atoms in total. The fraction of sp³-hybridized carbons (Fsp3) is 0.909. The lowest BCUT2D eigenvalue weighted by Crippen LogP contribution is -2.43. The second-order valence-electron chi connectivity index (χ2n) is 3.96. The van der Waals surface area contributed by atoms with Crippen molar-refractivity contribution < 1.29 is 4.79 Å². The molecule has 1 aliphatic rings. The highest BCUT2D eigenvalue weighted by molar-refractivity contribution is 9.09. The van der Waals surface area contributed by atoms with Crippen molar-refractivity contribution in [1.29, 1.82) is 0 Å². The monoisotopic (exact) mass is 261 g/mol. The first-order valence-corrected chi connectivity index (χ1v) is 6.77. The Morgan fingerprint density at radius 1 is 1.50 bits per heavy atom. The number of likely N-dealkylation sites (tertiary alicyclic amines) is 1. The Labute approximate surface area is 95.2 Å². The maximum absolute atomic E-state index is 11.8. The molecule has 0 aromatic rings. The van der Waals surface area contributed by atoms with Gasteiger partial charge in [-0.3, -0.25) is 4.79 Å². The maximum atomic E-state index is 11.8. The summed E-state index contributed by atoms with van der Waals surface area (Å²) in [4.78, 5) is 13.9. The van der Waals surface area contributed by atoms with E-state index in [1.807, 2.05) is 0 Å². The lowest BCUT2D eigenvalue weighted by molar-refractivity contribution is -0.134. The molecule has 0 saturated carbocycles. The Balaban J connectivity index is 2.48. The van der Waals surface area contributed by atoms with E-state index in [1.54, 1.807) is 0 Å². The summed E-state index contributed by atoms with van der Waals surface area (Å²) in [5, 5.41) is 0.793. The van der Waals surface area contributed by atoms with E-state index in [1.165, 1.54) is 32.1 Å². The van der Waals surface area contributed by atoms with Crippen molar-refractivity contribution in [1.82, 2.24) is 4.90 Å². The Bertz CT molecular complexity index is 182. The molecule has 0 N–H and O–H groups in total. The zero-order valence-electron chi connectivity index (χ0n) is 8.97. The molecule has 1 atom stereocenters.